The minimum absolute atomic E-state index is 0.00438. The van der Waals surface area contributed by atoms with E-state index in [9.17, 15) is 13.2 Å². The van der Waals surface area contributed by atoms with Gasteiger partial charge in [0.15, 0.2) is 11.5 Å². The quantitative estimate of drug-likeness (QED) is 0.642. The smallest absolute Gasteiger partial charge is 0.243 e. The number of carbonyl (C=O) groups excluding carboxylic acids is 1. The first-order valence-corrected chi connectivity index (χ1v) is 12.7. The minimum atomic E-state index is -3.67. The van der Waals surface area contributed by atoms with Crippen LogP contribution >= 0.6 is 11.3 Å². The van der Waals surface area contributed by atoms with Crippen LogP contribution in [0, 0.1) is 11.8 Å². The maximum atomic E-state index is 13.1. The van der Waals surface area contributed by atoms with Gasteiger partial charge in [0.05, 0.1) is 25.2 Å². The molecule has 1 aliphatic heterocycles. The Hall–Kier alpha value is -2.10. The number of hydrogen-bond acceptors (Lipinski definition) is 6. The third-order valence-corrected chi connectivity index (χ3v) is 8.48. The molecule has 1 fully saturated rings. The van der Waals surface area contributed by atoms with Gasteiger partial charge in [0.1, 0.15) is 0 Å². The number of benzene rings is 1. The second-order valence-electron chi connectivity index (χ2n) is 7.94. The molecule has 1 aromatic heterocycles. The monoisotopic (exact) mass is 466 g/mol. The topological polar surface area (TPSA) is 84.9 Å². The summed E-state index contributed by atoms with van der Waals surface area (Å²) in [4.78, 5) is 14.2. The Morgan fingerprint density at radius 2 is 1.81 bits per heavy atom. The average molecular weight is 467 g/mol. The molecular formula is C22H30N2O5S2. The van der Waals surface area contributed by atoms with Gasteiger partial charge in [-0.05, 0) is 42.3 Å². The van der Waals surface area contributed by atoms with Gasteiger partial charge in [-0.2, -0.15) is 4.31 Å². The number of thiophene rings is 1. The second-order valence-corrected chi connectivity index (χ2v) is 10.9. The van der Waals surface area contributed by atoms with E-state index in [2.05, 4.69) is 19.2 Å². The van der Waals surface area contributed by atoms with Gasteiger partial charge in [0.2, 0.25) is 15.9 Å². The Morgan fingerprint density at radius 3 is 2.35 bits per heavy atom. The van der Waals surface area contributed by atoms with E-state index >= 15 is 0 Å². The van der Waals surface area contributed by atoms with Crippen LogP contribution in [0.2, 0.25) is 0 Å². The van der Waals surface area contributed by atoms with Crippen LogP contribution in [0.15, 0.2) is 40.6 Å². The lowest BCUT2D eigenvalue weighted by atomic mass is 9.95. The molecule has 1 atom stereocenters. The Labute approximate surface area is 188 Å². The Kier molecular flexibility index (Phi) is 7.61. The first-order chi connectivity index (χ1) is 14.8. The standard InChI is InChI=1S/C22H30N2O5S2/c1-15(2)21(20-6-5-13-30-20)23-22(25)16-9-11-24(12-10-16)31(26,27)17-7-8-18(28-3)19(14-17)29-4/h5-8,13-16,21H,9-12H2,1-4H3,(H,23,25). The molecule has 2 heterocycles. The predicted octanol–water partition coefficient (Wildman–Crippen LogP) is 3.68. The fourth-order valence-electron chi connectivity index (χ4n) is 3.79. The summed E-state index contributed by atoms with van der Waals surface area (Å²) in [6.07, 6.45) is 0.987. The fourth-order valence-corrected chi connectivity index (χ4v) is 6.22. The Balaban J connectivity index is 1.65. The van der Waals surface area contributed by atoms with Crippen molar-refractivity contribution >= 4 is 27.3 Å². The highest BCUT2D eigenvalue weighted by atomic mass is 32.2. The number of methoxy groups -OCH3 is 2. The molecule has 7 nitrogen and oxygen atoms in total. The summed E-state index contributed by atoms with van der Waals surface area (Å²) >= 11 is 1.63. The van der Waals surface area contributed by atoms with Crippen molar-refractivity contribution < 1.29 is 22.7 Å². The molecule has 170 valence electrons. The van der Waals surface area contributed by atoms with Gasteiger partial charge in [-0.15, -0.1) is 11.3 Å². The first kappa shape index (κ1) is 23.6. The maximum Gasteiger partial charge on any atom is 0.243 e. The van der Waals surface area contributed by atoms with E-state index in [0.29, 0.717) is 37.4 Å². The summed E-state index contributed by atoms with van der Waals surface area (Å²) in [5, 5.41) is 5.18. The molecule has 0 saturated carbocycles. The number of nitrogens with one attached hydrogen (secondary N) is 1. The number of carbonyl (C=O) groups is 1. The third kappa shape index (κ3) is 5.22. The molecule has 1 aliphatic rings. The number of ether oxygens (including phenoxy) is 2. The van der Waals surface area contributed by atoms with Crippen molar-refractivity contribution in [1.82, 2.24) is 9.62 Å². The molecule has 9 heteroatoms. The number of amides is 1. The molecule has 0 radical (unpaired) electrons. The molecule has 1 aromatic carbocycles. The van der Waals surface area contributed by atoms with Crippen LogP contribution in [0.4, 0.5) is 0 Å². The SMILES string of the molecule is COc1ccc(S(=O)(=O)N2CCC(C(=O)NC(c3cccs3)C(C)C)CC2)cc1OC. The van der Waals surface area contributed by atoms with Crippen LogP contribution in [0.25, 0.3) is 0 Å². The van der Waals surface area contributed by atoms with E-state index in [1.807, 2.05) is 17.5 Å². The highest BCUT2D eigenvalue weighted by Gasteiger charge is 2.33. The maximum absolute atomic E-state index is 13.1. The van der Waals surface area contributed by atoms with Crippen molar-refractivity contribution in [1.29, 1.82) is 0 Å². The zero-order valence-corrected chi connectivity index (χ0v) is 20.0. The van der Waals surface area contributed by atoms with Crippen molar-refractivity contribution in [3.8, 4) is 11.5 Å². The zero-order chi connectivity index (χ0) is 22.6. The van der Waals surface area contributed by atoms with Gasteiger partial charge in [0, 0.05) is 30.0 Å². The van der Waals surface area contributed by atoms with Crippen LogP contribution in [0.1, 0.15) is 37.6 Å². The van der Waals surface area contributed by atoms with Crippen LogP contribution in [-0.2, 0) is 14.8 Å². The summed E-state index contributed by atoms with van der Waals surface area (Å²) in [5.74, 6) is 0.912. The van der Waals surface area contributed by atoms with Crippen molar-refractivity contribution in [3.05, 3.63) is 40.6 Å². The number of piperidine rings is 1. The molecule has 2 aromatic rings. The van der Waals surface area contributed by atoms with E-state index in [1.54, 1.807) is 17.4 Å². The molecule has 1 amide bonds. The van der Waals surface area contributed by atoms with Gasteiger partial charge in [-0.1, -0.05) is 19.9 Å². The van der Waals surface area contributed by atoms with Crippen LogP contribution in [0.3, 0.4) is 0 Å². The molecular weight excluding hydrogens is 436 g/mol. The lowest BCUT2D eigenvalue weighted by Crippen LogP contribution is -2.44. The summed E-state index contributed by atoms with van der Waals surface area (Å²) in [5.41, 5.74) is 0. The summed E-state index contributed by atoms with van der Waals surface area (Å²) in [7, 11) is -0.698. The van der Waals surface area contributed by atoms with Crippen LogP contribution in [0.5, 0.6) is 11.5 Å². The third-order valence-electron chi connectivity index (χ3n) is 5.63. The molecule has 0 aliphatic carbocycles. The van der Waals surface area contributed by atoms with Crippen molar-refractivity contribution in [2.45, 2.75) is 37.6 Å². The number of hydrogen-bond donors (Lipinski definition) is 1. The van der Waals surface area contributed by atoms with Crippen molar-refractivity contribution in [3.63, 3.8) is 0 Å². The second kappa shape index (κ2) is 10.0. The number of sulfonamides is 1. The van der Waals surface area contributed by atoms with E-state index in [4.69, 9.17) is 9.47 Å². The molecule has 0 spiro atoms. The molecule has 3 rings (SSSR count). The van der Waals surface area contributed by atoms with Crippen LogP contribution in [-0.4, -0.2) is 45.9 Å². The van der Waals surface area contributed by atoms with E-state index in [-0.39, 0.29) is 28.7 Å². The normalized spacial score (nSPS) is 16.8. The van der Waals surface area contributed by atoms with Gasteiger partial charge in [-0.3, -0.25) is 4.79 Å². The van der Waals surface area contributed by atoms with E-state index in [0.717, 1.165) is 4.88 Å². The zero-order valence-electron chi connectivity index (χ0n) is 18.3. The highest BCUT2D eigenvalue weighted by molar-refractivity contribution is 7.89. The van der Waals surface area contributed by atoms with E-state index < -0.39 is 10.0 Å². The minimum Gasteiger partial charge on any atom is -0.493 e. The van der Waals surface area contributed by atoms with Gasteiger partial charge < -0.3 is 14.8 Å². The van der Waals surface area contributed by atoms with Gasteiger partial charge in [0.25, 0.3) is 0 Å². The fraction of sp³-hybridized carbons (Fsp3) is 0.500. The molecule has 1 N–H and O–H groups in total. The summed E-state index contributed by atoms with van der Waals surface area (Å²) in [6, 6.07) is 8.57. The number of rotatable bonds is 8. The highest BCUT2D eigenvalue weighted by Crippen LogP contribution is 2.32. The first-order valence-electron chi connectivity index (χ1n) is 10.3. The Morgan fingerprint density at radius 1 is 1.13 bits per heavy atom. The van der Waals surface area contributed by atoms with Crippen molar-refractivity contribution in [2.24, 2.45) is 11.8 Å². The summed E-state index contributed by atoms with van der Waals surface area (Å²) < 4.78 is 38.0. The molecule has 1 saturated heterocycles. The van der Waals surface area contributed by atoms with Crippen molar-refractivity contribution in [2.75, 3.05) is 27.3 Å². The molecule has 31 heavy (non-hydrogen) atoms. The molecule has 1 unspecified atom stereocenters. The Bertz CT molecular complexity index is 981. The predicted molar refractivity (Wildman–Crippen MR) is 121 cm³/mol. The average Bonchev–Trinajstić information content (AvgIpc) is 3.31. The van der Waals surface area contributed by atoms with Gasteiger partial charge in [-0.25, -0.2) is 8.42 Å². The lowest BCUT2D eigenvalue weighted by Gasteiger charge is -2.32. The van der Waals surface area contributed by atoms with Crippen LogP contribution < -0.4 is 14.8 Å². The van der Waals surface area contributed by atoms with Gasteiger partial charge >= 0.3 is 0 Å². The van der Waals surface area contributed by atoms with E-state index in [1.165, 1.54) is 30.7 Å². The largest absolute Gasteiger partial charge is 0.493 e. The summed E-state index contributed by atoms with van der Waals surface area (Å²) in [6.45, 7) is 4.78. The number of nitrogens with zero attached hydrogens (tertiary/aromatic N) is 1. The molecule has 0 bridgehead atoms. The lowest BCUT2D eigenvalue weighted by molar-refractivity contribution is -0.127.